The Bertz CT molecular complexity index is 679. The van der Waals surface area contributed by atoms with Gasteiger partial charge in [0, 0.05) is 24.5 Å². The number of fused-ring (bicyclic) bond motifs is 1. The molecular weight excluding hydrogens is 300 g/mol. The van der Waals surface area contributed by atoms with E-state index < -0.39 is 0 Å². The molecule has 0 aliphatic carbocycles. The van der Waals surface area contributed by atoms with Gasteiger partial charge < -0.3 is 10.1 Å². The van der Waals surface area contributed by atoms with Crippen LogP contribution in [-0.4, -0.2) is 44.9 Å². The second kappa shape index (κ2) is 6.56. The van der Waals surface area contributed by atoms with Crippen LogP contribution in [-0.2, 0) is 11.3 Å². The number of carbonyl (C=O) groups is 1. The molecule has 3 heterocycles. The first-order valence-corrected chi connectivity index (χ1v) is 8.76. The largest absolute Gasteiger partial charge is 0.462 e. The van der Waals surface area contributed by atoms with Crippen LogP contribution >= 0.6 is 11.8 Å². The summed E-state index contributed by atoms with van der Waals surface area (Å²) in [5, 5.41) is 8.75. The Morgan fingerprint density at radius 1 is 1.50 bits per heavy atom. The monoisotopic (exact) mass is 320 g/mol. The molecule has 118 valence electrons. The maximum Gasteiger partial charge on any atom is 0.341 e. The summed E-state index contributed by atoms with van der Waals surface area (Å²) in [7, 11) is 0. The molecule has 0 spiro atoms. The van der Waals surface area contributed by atoms with E-state index in [9.17, 15) is 4.79 Å². The molecule has 0 aromatic carbocycles. The summed E-state index contributed by atoms with van der Waals surface area (Å²) in [6.07, 6.45) is 4.47. The normalized spacial score (nSPS) is 17.8. The molecule has 22 heavy (non-hydrogen) atoms. The fourth-order valence-electron chi connectivity index (χ4n) is 2.63. The van der Waals surface area contributed by atoms with Crippen LogP contribution in [0.3, 0.4) is 0 Å². The lowest BCUT2D eigenvalue weighted by atomic mass is 10.1. The van der Waals surface area contributed by atoms with E-state index in [2.05, 4.69) is 15.4 Å². The van der Waals surface area contributed by atoms with Gasteiger partial charge in [-0.15, -0.1) is 0 Å². The zero-order chi connectivity index (χ0) is 15.5. The van der Waals surface area contributed by atoms with Crippen LogP contribution in [0.2, 0.25) is 0 Å². The average Bonchev–Trinajstić information content (AvgIpc) is 3.16. The molecule has 0 radical (unpaired) electrons. The molecule has 2 aromatic heterocycles. The van der Waals surface area contributed by atoms with Crippen molar-refractivity contribution in [2.24, 2.45) is 0 Å². The van der Waals surface area contributed by atoms with Crippen molar-refractivity contribution in [1.29, 1.82) is 0 Å². The molecule has 6 nitrogen and oxygen atoms in total. The van der Waals surface area contributed by atoms with E-state index in [-0.39, 0.29) is 5.97 Å². The maximum absolute atomic E-state index is 12.2. The molecule has 0 saturated carbocycles. The first-order chi connectivity index (χ1) is 10.7. The Morgan fingerprint density at radius 3 is 3.05 bits per heavy atom. The number of nitrogens with zero attached hydrogens (tertiary/aromatic N) is 3. The standard InChI is InChI=1S/C15H20N4O2S/c1-3-19-14-11(8-17-19)13(18-10-5-6-22-9-10)12(7-16-14)15(20)21-4-2/h7-8,10H,3-6,9H2,1-2H3,(H,16,18). The minimum Gasteiger partial charge on any atom is -0.462 e. The number of rotatable bonds is 5. The van der Waals surface area contributed by atoms with Crippen molar-refractivity contribution in [2.75, 3.05) is 23.4 Å². The van der Waals surface area contributed by atoms with E-state index in [1.54, 1.807) is 19.3 Å². The van der Waals surface area contributed by atoms with E-state index >= 15 is 0 Å². The predicted molar refractivity (Wildman–Crippen MR) is 88.5 cm³/mol. The van der Waals surface area contributed by atoms with Crippen LogP contribution in [0, 0.1) is 0 Å². The fraction of sp³-hybridized carbons (Fsp3) is 0.533. The highest BCUT2D eigenvalue weighted by atomic mass is 32.2. The number of anilines is 1. The van der Waals surface area contributed by atoms with Gasteiger partial charge in [0.1, 0.15) is 5.56 Å². The number of hydrogen-bond donors (Lipinski definition) is 1. The summed E-state index contributed by atoms with van der Waals surface area (Å²) in [5.41, 5.74) is 2.08. The van der Waals surface area contributed by atoms with Gasteiger partial charge in [-0.25, -0.2) is 14.5 Å². The Kier molecular flexibility index (Phi) is 4.52. The van der Waals surface area contributed by atoms with Crippen molar-refractivity contribution in [1.82, 2.24) is 14.8 Å². The van der Waals surface area contributed by atoms with Gasteiger partial charge in [0.05, 0.1) is 23.9 Å². The fourth-order valence-corrected chi connectivity index (χ4v) is 3.78. The minimum absolute atomic E-state index is 0.339. The highest BCUT2D eigenvalue weighted by Crippen LogP contribution is 2.30. The average molecular weight is 320 g/mol. The van der Waals surface area contributed by atoms with E-state index in [0.29, 0.717) is 18.2 Å². The molecule has 1 fully saturated rings. The number of aryl methyl sites for hydroxylation is 1. The van der Waals surface area contributed by atoms with Crippen molar-refractivity contribution in [3.8, 4) is 0 Å². The molecule has 1 saturated heterocycles. The van der Waals surface area contributed by atoms with Crippen LogP contribution in [0.15, 0.2) is 12.4 Å². The molecule has 7 heteroatoms. The Balaban J connectivity index is 2.06. The van der Waals surface area contributed by atoms with Crippen LogP contribution in [0.25, 0.3) is 11.0 Å². The van der Waals surface area contributed by atoms with Crippen molar-refractivity contribution in [3.63, 3.8) is 0 Å². The topological polar surface area (TPSA) is 69.0 Å². The molecular formula is C15H20N4O2S. The first-order valence-electron chi connectivity index (χ1n) is 7.60. The number of ether oxygens (including phenoxy) is 1. The first kappa shape index (κ1) is 15.1. The third kappa shape index (κ3) is 2.77. The second-order valence-electron chi connectivity index (χ2n) is 5.17. The smallest absolute Gasteiger partial charge is 0.341 e. The molecule has 0 amide bonds. The number of aromatic nitrogens is 3. The molecule has 1 atom stereocenters. The maximum atomic E-state index is 12.2. The molecule has 1 aliphatic rings. The van der Waals surface area contributed by atoms with Gasteiger partial charge in [-0.2, -0.15) is 16.9 Å². The van der Waals surface area contributed by atoms with Gasteiger partial charge in [-0.3, -0.25) is 0 Å². The Labute approximate surface area is 133 Å². The van der Waals surface area contributed by atoms with Gasteiger partial charge in [0.25, 0.3) is 0 Å². The number of carbonyl (C=O) groups excluding carboxylic acids is 1. The van der Waals surface area contributed by atoms with Crippen LogP contribution in [0.5, 0.6) is 0 Å². The zero-order valence-corrected chi connectivity index (χ0v) is 13.7. The van der Waals surface area contributed by atoms with E-state index in [1.807, 2.05) is 23.4 Å². The van der Waals surface area contributed by atoms with Crippen LogP contribution in [0.1, 0.15) is 30.6 Å². The molecule has 0 bridgehead atoms. The van der Waals surface area contributed by atoms with Crippen molar-refractivity contribution in [3.05, 3.63) is 18.0 Å². The number of esters is 1. The number of nitrogens with one attached hydrogen (secondary N) is 1. The molecule has 1 aliphatic heterocycles. The predicted octanol–water partition coefficient (Wildman–Crippen LogP) is 2.55. The highest BCUT2D eigenvalue weighted by Gasteiger charge is 2.23. The van der Waals surface area contributed by atoms with Crippen LogP contribution < -0.4 is 5.32 Å². The van der Waals surface area contributed by atoms with E-state index in [1.165, 1.54) is 0 Å². The summed E-state index contributed by atoms with van der Waals surface area (Å²) in [6, 6.07) is 0.369. The van der Waals surface area contributed by atoms with Gasteiger partial charge in [-0.05, 0) is 26.0 Å². The van der Waals surface area contributed by atoms with Gasteiger partial charge in [0.15, 0.2) is 5.65 Å². The van der Waals surface area contributed by atoms with E-state index in [0.717, 1.165) is 41.2 Å². The Morgan fingerprint density at radius 2 is 2.36 bits per heavy atom. The third-order valence-corrected chi connectivity index (χ3v) is 4.90. The lowest BCUT2D eigenvalue weighted by Crippen LogP contribution is -2.21. The Hall–Kier alpha value is -1.76. The summed E-state index contributed by atoms with van der Waals surface area (Å²) in [6.45, 7) is 4.92. The number of thioether (sulfide) groups is 1. The highest BCUT2D eigenvalue weighted by molar-refractivity contribution is 7.99. The van der Waals surface area contributed by atoms with Crippen molar-refractivity contribution < 1.29 is 9.53 Å². The third-order valence-electron chi connectivity index (χ3n) is 3.74. The molecule has 1 N–H and O–H groups in total. The van der Waals surface area contributed by atoms with E-state index in [4.69, 9.17) is 4.74 Å². The lowest BCUT2D eigenvalue weighted by molar-refractivity contribution is 0.0527. The number of hydrogen-bond acceptors (Lipinski definition) is 6. The zero-order valence-electron chi connectivity index (χ0n) is 12.8. The quantitative estimate of drug-likeness (QED) is 0.854. The summed E-state index contributed by atoms with van der Waals surface area (Å²) >= 11 is 1.93. The van der Waals surface area contributed by atoms with Crippen molar-refractivity contribution >= 4 is 34.5 Å². The number of pyridine rings is 1. The second-order valence-corrected chi connectivity index (χ2v) is 6.32. The molecule has 3 rings (SSSR count). The van der Waals surface area contributed by atoms with Crippen LogP contribution in [0.4, 0.5) is 5.69 Å². The van der Waals surface area contributed by atoms with Gasteiger partial charge in [0.2, 0.25) is 0 Å². The summed E-state index contributed by atoms with van der Waals surface area (Å²) in [5.74, 6) is 1.86. The summed E-state index contributed by atoms with van der Waals surface area (Å²) in [4.78, 5) is 16.6. The van der Waals surface area contributed by atoms with Crippen molar-refractivity contribution in [2.45, 2.75) is 32.9 Å². The lowest BCUT2D eigenvalue weighted by Gasteiger charge is -2.16. The molecule has 1 unspecified atom stereocenters. The minimum atomic E-state index is -0.339. The SMILES string of the molecule is CCOC(=O)c1cnc2c(cnn2CC)c1NC1CCSC1. The molecule has 2 aromatic rings. The summed E-state index contributed by atoms with van der Waals surface area (Å²) < 4.78 is 7.00. The van der Waals surface area contributed by atoms with Gasteiger partial charge >= 0.3 is 5.97 Å². The van der Waals surface area contributed by atoms with Gasteiger partial charge in [-0.1, -0.05) is 0 Å².